The fourth-order valence-electron chi connectivity index (χ4n) is 2.98. The van der Waals surface area contributed by atoms with Gasteiger partial charge in [-0.15, -0.1) is 0 Å². The molecule has 0 aromatic carbocycles. The molecule has 1 N–H and O–H groups in total. The summed E-state index contributed by atoms with van der Waals surface area (Å²) in [5.41, 5.74) is -0.738. The largest absolute Gasteiger partial charge is 0.481 e. The molecule has 1 aliphatic rings. The van der Waals surface area contributed by atoms with E-state index in [0.717, 1.165) is 12.8 Å². The van der Waals surface area contributed by atoms with E-state index in [1.807, 2.05) is 13.8 Å². The lowest BCUT2D eigenvalue weighted by molar-refractivity contribution is -0.151. The monoisotopic (exact) mass is 283 g/mol. The molecular weight excluding hydrogens is 254 g/mol. The predicted molar refractivity (Wildman–Crippen MR) is 79.5 cm³/mol. The van der Waals surface area contributed by atoms with E-state index < -0.39 is 11.4 Å². The van der Waals surface area contributed by atoms with Gasteiger partial charge in [0.05, 0.1) is 5.41 Å². The van der Waals surface area contributed by atoms with E-state index in [0.29, 0.717) is 25.9 Å². The number of likely N-dealkylation sites (tertiary alicyclic amines) is 1. The van der Waals surface area contributed by atoms with Gasteiger partial charge in [-0.1, -0.05) is 46.5 Å². The van der Waals surface area contributed by atoms with Crippen molar-refractivity contribution in [2.24, 2.45) is 11.3 Å². The summed E-state index contributed by atoms with van der Waals surface area (Å²) in [4.78, 5) is 25.4. The van der Waals surface area contributed by atoms with Crippen molar-refractivity contribution in [3.8, 4) is 0 Å². The van der Waals surface area contributed by atoms with Crippen LogP contribution in [0, 0.1) is 11.3 Å². The van der Waals surface area contributed by atoms with Gasteiger partial charge in [-0.2, -0.15) is 0 Å². The number of amides is 1. The number of carboxylic acids is 1. The zero-order valence-corrected chi connectivity index (χ0v) is 13.2. The maximum Gasteiger partial charge on any atom is 0.311 e. The number of carboxylic acid groups (broad SMARTS) is 1. The average molecular weight is 283 g/mol. The molecule has 0 bridgehead atoms. The minimum atomic E-state index is -0.759. The third kappa shape index (κ3) is 3.97. The number of nitrogens with zero attached hydrogens (tertiary/aromatic N) is 1. The Labute approximate surface area is 122 Å². The Kier molecular flexibility index (Phi) is 6.50. The van der Waals surface area contributed by atoms with E-state index in [4.69, 9.17) is 0 Å². The van der Waals surface area contributed by atoms with Crippen LogP contribution in [-0.2, 0) is 9.59 Å². The van der Waals surface area contributed by atoms with Crippen molar-refractivity contribution >= 4 is 11.9 Å². The van der Waals surface area contributed by atoms with Crippen LogP contribution in [0.3, 0.4) is 0 Å². The molecule has 1 aliphatic heterocycles. The van der Waals surface area contributed by atoms with E-state index >= 15 is 0 Å². The van der Waals surface area contributed by atoms with Gasteiger partial charge < -0.3 is 10.0 Å². The van der Waals surface area contributed by atoms with Crippen LogP contribution in [0.5, 0.6) is 0 Å². The van der Waals surface area contributed by atoms with Gasteiger partial charge in [0.25, 0.3) is 0 Å². The minimum Gasteiger partial charge on any atom is -0.481 e. The first kappa shape index (κ1) is 17.0. The number of hydrogen-bond acceptors (Lipinski definition) is 2. The second kappa shape index (κ2) is 7.65. The minimum absolute atomic E-state index is 0.0577. The molecule has 0 aliphatic carbocycles. The van der Waals surface area contributed by atoms with E-state index in [2.05, 4.69) is 6.92 Å². The van der Waals surface area contributed by atoms with Crippen molar-refractivity contribution in [2.45, 2.75) is 65.7 Å². The van der Waals surface area contributed by atoms with Crippen LogP contribution < -0.4 is 0 Å². The first-order valence-electron chi connectivity index (χ1n) is 7.95. The normalized spacial score (nSPS) is 22.5. The molecule has 4 nitrogen and oxygen atoms in total. The summed E-state index contributed by atoms with van der Waals surface area (Å²) < 4.78 is 0. The maximum absolute atomic E-state index is 12.1. The molecule has 1 unspecified atom stereocenters. The van der Waals surface area contributed by atoms with Crippen LogP contribution in [0.15, 0.2) is 0 Å². The summed E-state index contributed by atoms with van der Waals surface area (Å²) in [5, 5.41) is 9.47. The summed E-state index contributed by atoms with van der Waals surface area (Å²) in [5.74, 6) is -0.571. The molecule has 0 spiro atoms. The van der Waals surface area contributed by atoms with Gasteiger partial charge in [0.2, 0.25) is 5.91 Å². The number of unbranched alkanes of at least 4 members (excludes halogenated alkanes) is 4. The summed E-state index contributed by atoms with van der Waals surface area (Å²) >= 11 is 0. The van der Waals surface area contributed by atoms with Gasteiger partial charge in [0.1, 0.15) is 0 Å². The highest BCUT2D eigenvalue weighted by atomic mass is 16.4. The van der Waals surface area contributed by atoms with Gasteiger partial charge in [0, 0.05) is 19.5 Å². The van der Waals surface area contributed by atoms with Crippen LogP contribution in [0.2, 0.25) is 0 Å². The fraction of sp³-hybridized carbons (Fsp3) is 0.875. The Morgan fingerprint density at radius 2 is 1.85 bits per heavy atom. The standard InChI is InChI=1S/C16H29NO3/c1-4-5-6-7-8-9-14(18)17-11-10-16(12-17,13(2)3)15(19)20/h13H,4-12H2,1-3H3,(H,19,20). The number of hydrogen-bond donors (Lipinski definition) is 1. The molecule has 1 fully saturated rings. The third-order valence-corrected chi connectivity index (χ3v) is 4.68. The number of aliphatic carboxylic acids is 1. The number of rotatable bonds is 8. The molecule has 0 saturated carbocycles. The van der Waals surface area contributed by atoms with E-state index in [9.17, 15) is 14.7 Å². The summed E-state index contributed by atoms with van der Waals surface area (Å²) in [7, 11) is 0. The van der Waals surface area contributed by atoms with Gasteiger partial charge in [-0.25, -0.2) is 0 Å². The Balaban J connectivity index is 2.42. The lowest BCUT2D eigenvalue weighted by Gasteiger charge is -2.28. The second-order valence-corrected chi connectivity index (χ2v) is 6.35. The predicted octanol–water partition coefficient (Wildman–Crippen LogP) is 3.31. The highest BCUT2D eigenvalue weighted by molar-refractivity contribution is 5.80. The molecule has 1 saturated heterocycles. The summed E-state index contributed by atoms with van der Waals surface area (Å²) in [6, 6.07) is 0. The molecule has 1 atom stereocenters. The van der Waals surface area contributed by atoms with Crippen LogP contribution >= 0.6 is 0 Å². The second-order valence-electron chi connectivity index (χ2n) is 6.35. The molecule has 0 aromatic rings. The van der Waals surface area contributed by atoms with Crippen molar-refractivity contribution in [1.29, 1.82) is 0 Å². The van der Waals surface area contributed by atoms with Crippen molar-refractivity contribution < 1.29 is 14.7 Å². The first-order chi connectivity index (χ1) is 9.44. The quantitative estimate of drug-likeness (QED) is 0.695. The molecule has 116 valence electrons. The molecule has 4 heteroatoms. The van der Waals surface area contributed by atoms with Crippen molar-refractivity contribution in [2.75, 3.05) is 13.1 Å². The Morgan fingerprint density at radius 1 is 1.20 bits per heavy atom. The van der Waals surface area contributed by atoms with Crippen molar-refractivity contribution in [1.82, 2.24) is 4.90 Å². The molecule has 20 heavy (non-hydrogen) atoms. The average Bonchev–Trinajstić information content (AvgIpc) is 2.84. The Hall–Kier alpha value is -1.06. The van der Waals surface area contributed by atoms with Crippen molar-refractivity contribution in [3.63, 3.8) is 0 Å². The lowest BCUT2D eigenvalue weighted by Crippen LogP contribution is -2.40. The van der Waals surface area contributed by atoms with Gasteiger partial charge in [0.15, 0.2) is 0 Å². The maximum atomic E-state index is 12.1. The van der Waals surface area contributed by atoms with Gasteiger partial charge in [-0.3, -0.25) is 9.59 Å². The molecule has 1 rings (SSSR count). The molecular formula is C16H29NO3. The zero-order valence-electron chi connectivity index (χ0n) is 13.2. The molecule has 1 amide bonds. The summed E-state index contributed by atoms with van der Waals surface area (Å²) in [6.07, 6.45) is 6.80. The topological polar surface area (TPSA) is 57.6 Å². The zero-order chi connectivity index (χ0) is 15.2. The molecule has 0 radical (unpaired) electrons. The highest BCUT2D eigenvalue weighted by Gasteiger charge is 2.48. The smallest absolute Gasteiger partial charge is 0.311 e. The SMILES string of the molecule is CCCCCCCC(=O)N1CCC(C(=O)O)(C(C)C)C1. The van der Waals surface area contributed by atoms with Gasteiger partial charge in [-0.05, 0) is 18.8 Å². The Bertz CT molecular complexity index is 341. The van der Waals surface area contributed by atoms with Crippen LogP contribution in [0.1, 0.15) is 65.7 Å². The van der Waals surface area contributed by atoms with E-state index in [1.54, 1.807) is 4.90 Å². The summed E-state index contributed by atoms with van der Waals surface area (Å²) in [6.45, 7) is 7.03. The molecule has 1 heterocycles. The van der Waals surface area contributed by atoms with Gasteiger partial charge >= 0.3 is 5.97 Å². The number of carbonyl (C=O) groups is 2. The van der Waals surface area contributed by atoms with Crippen LogP contribution in [0.4, 0.5) is 0 Å². The van der Waals surface area contributed by atoms with E-state index in [-0.39, 0.29) is 11.8 Å². The number of carbonyl (C=O) groups excluding carboxylic acids is 1. The first-order valence-corrected chi connectivity index (χ1v) is 7.95. The fourth-order valence-corrected chi connectivity index (χ4v) is 2.98. The van der Waals surface area contributed by atoms with E-state index in [1.165, 1.54) is 19.3 Å². The van der Waals surface area contributed by atoms with Crippen LogP contribution in [-0.4, -0.2) is 35.0 Å². The van der Waals surface area contributed by atoms with Crippen molar-refractivity contribution in [3.05, 3.63) is 0 Å². The Morgan fingerprint density at radius 3 is 2.35 bits per heavy atom. The van der Waals surface area contributed by atoms with Crippen LogP contribution in [0.25, 0.3) is 0 Å². The highest BCUT2D eigenvalue weighted by Crippen LogP contribution is 2.38. The third-order valence-electron chi connectivity index (χ3n) is 4.68. The lowest BCUT2D eigenvalue weighted by atomic mass is 9.76. The molecule has 0 aromatic heterocycles.